The van der Waals surface area contributed by atoms with E-state index in [0.29, 0.717) is 11.2 Å². The van der Waals surface area contributed by atoms with Gasteiger partial charge in [-0.25, -0.2) is 0 Å². The molecule has 0 unspecified atom stereocenters. The summed E-state index contributed by atoms with van der Waals surface area (Å²) in [5, 5.41) is 3.40. The number of hydrogen-bond acceptors (Lipinski definition) is 3. The smallest absolute Gasteiger partial charge is 0.321 e. The lowest BCUT2D eigenvalue weighted by Gasteiger charge is -2.09. The van der Waals surface area contributed by atoms with Crippen molar-refractivity contribution in [1.82, 2.24) is 9.97 Å². The number of nitrogens with zero attached hydrogens (tertiary/aromatic N) is 2. The van der Waals surface area contributed by atoms with Gasteiger partial charge >= 0.3 is 6.18 Å². The molecule has 7 heteroatoms. The molecular formula is C16H10F3N3O. The highest BCUT2D eigenvalue weighted by atomic mass is 19.4. The molecule has 1 aromatic carbocycles. The van der Waals surface area contributed by atoms with Crippen molar-refractivity contribution in [2.75, 3.05) is 5.32 Å². The van der Waals surface area contributed by atoms with E-state index in [4.69, 9.17) is 0 Å². The van der Waals surface area contributed by atoms with Crippen LogP contribution in [0, 0.1) is 0 Å². The van der Waals surface area contributed by atoms with E-state index in [9.17, 15) is 18.0 Å². The Kier molecular flexibility index (Phi) is 3.69. The van der Waals surface area contributed by atoms with Gasteiger partial charge in [0.2, 0.25) is 0 Å². The molecular weight excluding hydrogens is 307 g/mol. The summed E-state index contributed by atoms with van der Waals surface area (Å²) in [5.41, 5.74) is 0.235. The van der Waals surface area contributed by atoms with Crippen LogP contribution in [0.3, 0.4) is 0 Å². The molecule has 0 radical (unpaired) electrons. The third-order valence-corrected chi connectivity index (χ3v) is 3.21. The number of rotatable bonds is 2. The van der Waals surface area contributed by atoms with Crippen LogP contribution in [-0.2, 0) is 6.18 Å². The molecule has 0 fully saturated rings. The van der Waals surface area contributed by atoms with Crippen LogP contribution in [0.5, 0.6) is 0 Å². The molecule has 0 saturated heterocycles. The molecule has 4 nitrogen and oxygen atoms in total. The topological polar surface area (TPSA) is 54.9 Å². The number of benzene rings is 1. The second-order valence-corrected chi connectivity index (χ2v) is 4.76. The molecule has 0 aliphatic rings. The van der Waals surface area contributed by atoms with E-state index < -0.39 is 17.8 Å². The number of aromatic nitrogens is 2. The lowest BCUT2D eigenvalue weighted by atomic mass is 10.1. The van der Waals surface area contributed by atoms with E-state index in [-0.39, 0.29) is 5.56 Å². The van der Waals surface area contributed by atoms with Crippen LogP contribution in [0.15, 0.2) is 54.9 Å². The van der Waals surface area contributed by atoms with Crippen LogP contribution in [0.4, 0.5) is 18.9 Å². The van der Waals surface area contributed by atoms with Crippen molar-refractivity contribution in [2.24, 2.45) is 0 Å². The SMILES string of the molecule is O=C(Nc1cccc2ncccc12)c1ccc(C(F)(F)F)nc1. The summed E-state index contributed by atoms with van der Waals surface area (Å²) in [6.45, 7) is 0. The number of halogens is 3. The summed E-state index contributed by atoms with van der Waals surface area (Å²) < 4.78 is 37.4. The van der Waals surface area contributed by atoms with Crippen molar-refractivity contribution in [3.8, 4) is 0 Å². The van der Waals surface area contributed by atoms with Crippen molar-refractivity contribution in [1.29, 1.82) is 0 Å². The molecule has 0 saturated carbocycles. The normalized spacial score (nSPS) is 11.4. The molecule has 3 aromatic rings. The largest absolute Gasteiger partial charge is 0.433 e. The minimum absolute atomic E-state index is 0.0406. The van der Waals surface area contributed by atoms with Crippen molar-refractivity contribution in [3.63, 3.8) is 0 Å². The minimum atomic E-state index is -4.53. The first-order valence-corrected chi connectivity index (χ1v) is 6.63. The number of anilines is 1. The number of amides is 1. The number of hydrogen-bond donors (Lipinski definition) is 1. The zero-order chi connectivity index (χ0) is 16.4. The molecule has 0 atom stereocenters. The Labute approximate surface area is 129 Å². The minimum Gasteiger partial charge on any atom is -0.321 e. The van der Waals surface area contributed by atoms with Crippen molar-refractivity contribution < 1.29 is 18.0 Å². The van der Waals surface area contributed by atoms with E-state index in [1.54, 1.807) is 36.5 Å². The number of fused-ring (bicyclic) bond motifs is 1. The second kappa shape index (κ2) is 5.68. The fourth-order valence-corrected chi connectivity index (χ4v) is 2.10. The summed E-state index contributed by atoms with van der Waals surface area (Å²) >= 11 is 0. The quantitative estimate of drug-likeness (QED) is 0.780. The fourth-order valence-electron chi connectivity index (χ4n) is 2.10. The summed E-state index contributed by atoms with van der Waals surface area (Å²) in [6.07, 6.45) is -1.99. The van der Waals surface area contributed by atoms with Crippen molar-refractivity contribution in [2.45, 2.75) is 6.18 Å². The summed E-state index contributed by atoms with van der Waals surface area (Å²) in [6, 6.07) is 10.6. The zero-order valence-corrected chi connectivity index (χ0v) is 11.6. The molecule has 2 aromatic heterocycles. The Bertz CT molecular complexity index is 855. The molecule has 0 bridgehead atoms. The lowest BCUT2D eigenvalue weighted by molar-refractivity contribution is -0.141. The number of carbonyl (C=O) groups excluding carboxylic acids is 1. The highest BCUT2D eigenvalue weighted by molar-refractivity contribution is 6.08. The van der Waals surface area contributed by atoms with Gasteiger partial charge in [0.05, 0.1) is 16.8 Å². The molecule has 0 aliphatic carbocycles. The Morgan fingerprint density at radius 1 is 1.00 bits per heavy atom. The maximum absolute atomic E-state index is 12.5. The molecule has 3 rings (SSSR count). The standard InChI is InChI=1S/C16H10F3N3O/c17-16(18,19)14-7-6-10(9-21-14)15(23)22-13-5-1-4-12-11(13)3-2-8-20-12/h1-9H,(H,22,23). The van der Waals surface area contributed by atoms with Crippen LogP contribution >= 0.6 is 0 Å². The maximum atomic E-state index is 12.5. The van der Waals surface area contributed by atoms with Crippen LogP contribution in [0.2, 0.25) is 0 Å². The summed E-state index contributed by atoms with van der Waals surface area (Å²) in [7, 11) is 0. The average molecular weight is 317 g/mol. The second-order valence-electron chi connectivity index (χ2n) is 4.76. The van der Waals surface area contributed by atoms with Gasteiger partial charge in [0.25, 0.3) is 5.91 Å². The fraction of sp³-hybridized carbons (Fsp3) is 0.0625. The van der Waals surface area contributed by atoms with E-state index in [2.05, 4.69) is 15.3 Å². The Hall–Kier alpha value is -2.96. The van der Waals surface area contributed by atoms with Gasteiger partial charge in [-0.2, -0.15) is 13.2 Å². The molecule has 2 heterocycles. The molecule has 0 aliphatic heterocycles. The van der Waals surface area contributed by atoms with Gasteiger partial charge < -0.3 is 5.32 Å². The first kappa shape index (κ1) is 15.0. The van der Waals surface area contributed by atoms with Gasteiger partial charge in [-0.1, -0.05) is 6.07 Å². The highest BCUT2D eigenvalue weighted by Gasteiger charge is 2.32. The van der Waals surface area contributed by atoms with Gasteiger partial charge in [-0.3, -0.25) is 14.8 Å². The van der Waals surface area contributed by atoms with E-state index in [1.165, 1.54) is 0 Å². The van der Waals surface area contributed by atoms with Gasteiger partial charge in [0, 0.05) is 17.8 Å². The van der Waals surface area contributed by atoms with Crippen molar-refractivity contribution >= 4 is 22.5 Å². The predicted molar refractivity (Wildman–Crippen MR) is 78.9 cm³/mol. The van der Waals surface area contributed by atoms with Gasteiger partial charge in [0.15, 0.2) is 0 Å². The van der Waals surface area contributed by atoms with Crippen molar-refractivity contribution in [3.05, 3.63) is 66.1 Å². The summed E-state index contributed by atoms with van der Waals surface area (Å²) in [4.78, 5) is 19.6. The molecule has 23 heavy (non-hydrogen) atoms. The molecule has 1 N–H and O–H groups in total. The molecule has 0 spiro atoms. The third-order valence-electron chi connectivity index (χ3n) is 3.21. The molecule has 116 valence electrons. The van der Waals surface area contributed by atoms with Crippen LogP contribution in [-0.4, -0.2) is 15.9 Å². The Balaban J connectivity index is 1.86. The van der Waals surface area contributed by atoms with Crippen LogP contribution in [0.25, 0.3) is 10.9 Å². The number of alkyl halides is 3. The highest BCUT2D eigenvalue weighted by Crippen LogP contribution is 2.27. The Morgan fingerprint density at radius 2 is 1.83 bits per heavy atom. The molecule has 1 amide bonds. The monoisotopic (exact) mass is 317 g/mol. The van der Waals surface area contributed by atoms with Gasteiger partial charge in [-0.15, -0.1) is 0 Å². The van der Waals surface area contributed by atoms with Crippen LogP contribution < -0.4 is 5.32 Å². The zero-order valence-electron chi connectivity index (χ0n) is 11.6. The first-order chi connectivity index (χ1) is 10.9. The number of nitrogens with one attached hydrogen (secondary N) is 1. The van der Waals surface area contributed by atoms with Gasteiger partial charge in [-0.05, 0) is 36.4 Å². The Morgan fingerprint density at radius 3 is 2.52 bits per heavy atom. The third kappa shape index (κ3) is 3.13. The predicted octanol–water partition coefficient (Wildman–Crippen LogP) is 3.90. The summed E-state index contributed by atoms with van der Waals surface area (Å²) in [5.74, 6) is -0.539. The van der Waals surface area contributed by atoms with E-state index in [0.717, 1.165) is 23.7 Å². The number of pyridine rings is 2. The van der Waals surface area contributed by atoms with Crippen LogP contribution in [0.1, 0.15) is 16.1 Å². The maximum Gasteiger partial charge on any atom is 0.433 e. The van der Waals surface area contributed by atoms with E-state index in [1.807, 2.05) is 0 Å². The average Bonchev–Trinajstić information content (AvgIpc) is 2.54. The van der Waals surface area contributed by atoms with Gasteiger partial charge in [0.1, 0.15) is 5.69 Å². The lowest BCUT2D eigenvalue weighted by Crippen LogP contribution is -2.14. The number of carbonyl (C=O) groups is 1. The first-order valence-electron chi connectivity index (χ1n) is 6.63. The van der Waals surface area contributed by atoms with E-state index >= 15 is 0 Å².